The van der Waals surface area contributed by atoms with E-state index in [0.29, 0.717) is 6.42 Å². The van der Waals surface area contributed by atoms with Crippen molar-refractivity contribution in [1.29, 1.82) is 0 Å². The highest BCUT2D eigenvalue weighted by Crippen LogP contribution is 2.51. The van der Waals surface area contributed by atoms with Crippen LogP contribution in [0.4, 0.5) is 0 Å². The average Bonchev–Trinajstić information content (AvgIpc) is 3.72. The van der Waals surface area contributed by atoms with Crippen molar-refractivity contribution in [2.24, 2.45) is 0 Å². The summed E-state index contributed by atoms with van der Waals surface area (Å²) in [5.41, 5.74) is 0.731. The Morgan fingerprint density at radius 1 is 0.704 bits per heavy atom. The van der Waals surface area contributed by atoms with Crippen LogP contribution < -0.4 is 5.32 Å². The molecule has 1 aliphatic rings. The van der Waals surface area contributed by atoms with E-state index < -0.39 is 50.5 Å². The van der Waals surface area contributed by atoms with E-state index in [0.717, 1.165) is 31.2 Å². The summed E-state index contributed by atoms with van der Waals surface area (Å²) in [4.78, 5) is 13.3. The number of unbranched alkanes of at least 4 members (excludes halogenated alkanes) is 11. The molecule has 2 rings (SSSR count). The molecule has 10 nitrogen and oxygen atoms in total. The predicted octanol–water partition coefficient (Wildman–Crippen LogP) is 14.2. The van der Waals surface area contributed by atoms with Crippen LogP contribution in [0.5, 0.6) is 0 Å². The maximum absolute atomic E-state index is 14.3. The molecule has 2 N–H and O–H groups in total. The Morgan fingerprint density at radius 3 is 1.62 bits per heavy atom. The fraction of sp³-hybridized carbons (Fsp3) is 0.483. The number of carbonyl (C=O) groups excluding carboxylic acids is 1. The first-order valence-corrected chi connectivity index (χ1v) is 25.4. The second-order valence-electron chi connectivity index (χ2n) is 16.3. The number of phosphoric acid groups is 1. The van der Waals surface area contributed by atoms with Crippen LogP contribution in [0, 0.1) is 142 Å². The normalized spacial score (nSPS) is 14.2. The molecule has 0 aromatic heterocycles. The topological polar surface area (TPSA) is 122 Å². The highest BCUT2D eigenvalue weighted by atomic mass is 31.2. The largest absolute Gasteiger partial charge is 0.475 e. The summed E-state index contributed by atoms with van der Waals surface area (Å²) in [5, 5.41) is 14.4. The van der Waals surface area contributed by atoms with Gasteiger partial charge in [0.25, 0.3) is 5.91 Å². The van der Waals surface area contributed by atoms with Gasteiger partial charge in [-0.2, -0.15) is 0 Å². The Morgan fingerprint density at radius 2 is 1.17 bits per heavy atom. The minimum Gasteiger partial charge on any atom is -0.390 e. The van der Waals surface area contributed by atoms with Crippen molar-refractivity contribution in [2.75, 3.05) is 19.8 Å². The molecule has 1 fully saturated rings. The molecule has 0 spiro atoms. The number of aliphatic hydroxyl groups is 1. The molecule has 1 unspecified atom stereocenters. The number of nitrogens with one attached hydrogen (secondary N) is 1. The van der Waals surface area contributed by atoms with Gasteiger partial charge in [-0.05, 0) is 141 Å². The van der Waals surface area contributed by atoms with Gasteiger partial charge < -0.3 is 24.6 Å². The van der Waals surface area contributed by atoms with Gasteiger partial charge in [-0.1, -0.05) is 120 Å². The lowest BCUT2D eigenvalue weighted by molar-refractivity contribution is -0.142. The van der Waals surface area contributed by atoms with E-state index in [2.05, 4.69) is 154 Å². The monoisotopic (exact) mass is 1020 g/mol. The minimum atomic E-state index is -4.34. The smallest absolute Gasteiger partial charge is 0.390 e. The quantitative estimate of drug-likeness (QED) is 0.0504. The van der Waals surface area contributed by atoms with Gasteiger partial charge in [0.05, 0.1) is 44.7 Å². The van der Waals surface area contributed by atoms with E-state index in [9.17, 15) is 14.5 Å². The first kappa shape index (κ1) is 60.5. The van der Waals surface area contributed by atoms with Crippen molar-refractivity contribution >= 4 is 13.7 Å². The zero-order chi connectivity index (χ0) is 51.5. The van der Waals surface area contributed by atoms with Crippen LogP contribution in [0.2, 0.25) is 0 Å². The van der Waals surface area contributed by atoms with Gasteiger partial charge in [0, 0.05) is 75.7 Å². The summed E-state index contributed by atoms with van der Waals surface area (Å²) in [6.07, 6.45) is 11.6. The van der Waals surface area contributed by atoms with E-state index in [1.165, 1.54) is 51.4 Å². The average molecular weight is 1020 g/mol. The number of hydrogen-bond acceptors (Lipinski definition) is 9. The van der Waals surface area contributed by atoms with Crippen molar-refractivity contribution in [3.63, 3.8) is 0 Å². The molecule has 71 heavy (non-hydrogen) atoms. The number of hydrogen-bond donors (Lipinski definition) is 2. The molecule has 0 bridgehead atoms. The molecule has 1 heterocycles. The third-order valence-electron chi connectivity index (χ3n) is 9.62. The number of phosphoric ester groups is 1. The predicted molar refractivity (Wildman–Crippen MR) is 329 cm³/mol. The lowest BCUT2D eigenvalue weighted by Crippen LogP contribution is -2.52. The van der Waals surface area contributed by atoms with E-state index in [-0.39, 0.29) is 60.2 Å². The fourth-order valence-corrected chi connectivity index (χ4v) is 7.58. The standard InChI is InChI=1S/C60H64NO9P.24H2/c1-7-9-11-13-15-17-19-21-22-23-24-25-26-27-28-29-30-31-33-35-37-39-44-48-58(63)61-56(59(69-53(3)4)57(62)47-43-38-36-34-32-20-18-16-14-12-10-8-2)52-68-71(64,66-49-54-45-41-40-42-46-54)67-51-55-50-65-60(5,6)70-55;;;;;;;;;;;;;;;;;;;;;;;;/h40-42,45-46,53,55-57,59,62H,8,10,12,14,16,18,20,32,34,36,38,43,47,49-52H2,1-6H3,(H,61,63);24*1H/t55-,56+,57-,59+,71?;;;;;;;;;;;;;;;;;;;;;;;;/m1......................../s1. The number of ether oxygens (including phenoxy) is 3. The van der Waals surface area contributed by atoms with Crippen LogP contribution in [0.1, 0.15) is 165 Å². The Bertz CT molecular complexity index is 2750. The first-order valence-electron chi connectivity index (χ1n) is 23.9. The van der Waals surface area contributed by atoms with Crippen LogP contribution in [0.15, 0.2) is 30.3 Å². The number of rotatable bonds is 27. The van der Waals surface area contributed by atoms with E-state index in [1.807, 2.05) is 44.2 Å². The van der Waals surface area contributed by atoms with Crippen LogP contribution in [-0.4, -0.2) is 67.1 Å². The number of carbonyl (C=O) groups is 1. The summed E-state index contributed by atoms with van der Waals surface area (Å²) < 4.78 is 49.7. The molecular weight excluding hydrogens is 910 g/mol. The van der Waals surface area contributed by atoms with Gasteiger partial charge in [0.1, 0.15) is 12.2 Å². The molecule has 0 radical (unpaired) electrons. The van der Waals surface area contributed by atoms with Gasteiger partial charge in [-0.15, -0.1) is 0 Å². The van der Waals surface area contributed by atoms with Gasteiger partial charge in [-0.25, -0.2) is 4.57 Å². The third-order valence-corrected chi connectivity index (χ3v) is 11.0. The van der Waals surface area contributed by atoms with Crippen LogP contribution in [0.3, 0.4) is 0 Å². The molecular formula is C60H112NO9P. The van der Waals surface area contributed by atoms with Crippen LogP contribution in [0.25, 0.3) is 0 Å². The summed E-state index contributed by atoms with van der Waals surface area (Å²) in [6.45, 7) is 10.6. The van der Waals surface area contributed by atoms with Gasteiger partial charge >= 0.3 is 7.82 Å². The van der Waals surface area contributed by atoms with E-state index in [1.54, 1.807) is 20.8 Å². The number of aliphatic hydroxyl groups excluding tert-OH is 1. The highest BCUT2D eigenvalue weighted by molar-refractivity contribution is 7.48. The molecule has 5 atom stereocenters. The van der Waals surface area contributed by atoms with Gasteiger partial charge in [-0.3, -0.25) is 18.4 Å². The summed E-state index contributed by atoms with van der Waals surface area (Å²) >= 11 is 0. The SMILES string of the molecule is CC#CC#CC#CC#CC#CC#CC#CC#CC#CC#CC#CC#CC(=O)N[C@@H](COP(=O)(OCc1ccccc1)OC[C@H]1COC(C)(C)O1)[C@H](OC(C)C)[C@H](O)CCCCCCCCCCCCCC.[HH].[HH].[HH].[HH].[HH].[HH].[HH].[HH].[HH].[HH].[HH].[HH].[HH].[HH].[HH].[HH].[HH].[HH].[HH].[HH].[HH].[HH].[HH].[HH]. The molecule has 1 aromatic rings. The van der Waals surface area contributed by atoms with Crippen molar-refractivity contribution < 1.29 is 76.5 Å². The first-order chi connectivity index (χ1) is 34.5. The molecule has 11 heteroatoms. The van der Waals surface area contributed by atoms with E-state index in [4.69, 9.17) is 27.8 Å². The van der Waals surface area contributed by atoms with Gasteiger partial charge in [0.15, 0.2) is 5.79 Å². The van der Waals surface area contributed by atoms with Crippen molar-refractivity contribution in [1.82, 2.24) is 5.32 Å². The Kier molecular flexibility index (Phi) is 33.3. The lowest BCUT2D eigenvalue weighted by atomic mass is 9.99. The molecule has 1 amide bonds. The lowest BCUT2D eigenvalue weighted by Gasteiger charge is -2.33. The molecule has 1 aromatic carbocycles. The Labute approximate surface area is 460 Å². The zero-order valence-corrected chi connectivity index (χ0v) is 42.8. The molecule has 416 valence electrons. The number of amides is 1. The third kappa shape index (κ3) is 32.7. The minimum absolute atomic E-state index is 0. The van der Waals surface area contributed by atoms with Crippen molar-refractivity contribution in [3.05, 3.63) is 35.9 Å². The summed E-state index contributed by atoms with van der Waals surface area (Å²) in [6, 6.07) is 8.09. The zero-order valence-electron chi connectivity index (χ0n) is 42.0. The Balaban J connectivity index is -0.000000103. The molecule has 0 saturated carbocycles. The second kappa shape index (κ2) is 39.1. The molecule has 0 aliphatic carbocycles. The fourth-order valence-electron chi connectivity index (χ4n) is 6.36. The van der Waals surface area contributed by atoms with Gasteiger partial charge in [0.2, 0.25) is 0 Å². The number of benzene rings is 1. The van der Waals surface area contributed by atoms with Crippen LogP contribution >= 0.6 is 7.82 Å². The molecule has 1 saturated heterocycles. The van der Waals surface area contributed by atoms with Crippen molar-refractivity contribution in [3.8, 4) is 142 Å². The highest BCUT2D eigenvalue weighted by Gasteiger charge is 2.38. The summed E-state index contributed by atoms with van der Waals surface area (Å²) in [5.74, 6) is 58.9. The second-order valence-corrected chi connectivity index (χ2v) is 18.0. The summed E-state index contributed by atoms with van der Waals surface area (Å²) in [7, 11) is -4.34. The van der Waals surface area contributed by atoms with E-state index >= 15 is 0 Å². The molecule has 1 aliphatic heterocycles. The maximum Gasteiger partial charge on any atom is 0.475 e. The van der Waals surface area contributed by atoms with Crippen LogP contribution in [-0.2, 0) is 43.7 Å². The Hall–Kier alpha value is -6.64. The maximum atomic E-state index is 14.3. The van der Waals surface area contributed by atoms with Crippen molar-refractivity contribution in [2.45, 2.75) is 168 Å².